The molecule has 10 rings (SSSR count). The molecule has 0 bridgehead atoms. The zero-order chi connectivity index (χ0) is 33.3. The molecule has 0 radical (unpaired) electrons. The van der Waals surface area contributed by atoms with Crippen LogP contribution in [0.15, 0.2) is 158 Å². The first kappa shape index (κ1) is 28.7. The van der Waals surface area contributed by atoms with E-state index >= 15 is 0 Å². The van der Waals surface area contributed by atoms with Crippen molar-refractivity contribution < 1.29 is 0 Å². The Labute approximate surface area is 290 Å². The van der Waals surface area contributed by atoms with Gasteiger partial charge in [-0.05, 0) is 126 Å². The molecule has 0 unspecified atom stereocenters. The molecule has 2 nitrogen and oxygen atoms in total. The van der Waals surface area contributed by atoms with Crippen molar-refractivity contribution in [1.29, 1.82) is 0 Å². The summed E-state index contributed by atoms with van der Waals surface area (Å²) in [5.74, 6) is 1.02. The minimum atomic E-state index is 0.879. The molecule has 0 saturated carbocycles. The lowest BCUT2D eigenvalue weighted by Gasteiger charge is -2.16. The van der Waals surface area contributed by atoms with Crippen LogP contribution >= 0.6 is 0 Å². The Morgan fingerprint density at radius 1 is 0.460 bits per heavy atom. The molecule has 0 aliphatic carbocycles. The van der Waals surface area contributed by atoms with Gasteiger partial charge in [-0.3, -0.25) is 0 Å². The molecular formula is C48H34N2. The third kappa shape index (κ3) is 4.38. The molecule has 0 aliphatic rings. The normalized spacial score (nSPS) is 11.9. The van der Waals surface area contributed by atoms with E-state index in [4.69, 9.17) is 4.98 Å². The Morgan fingerprint density at radius 3 is 1.78 bits per heavy atom. The summed E-state index contributed by atoms with van der Waals surface area (Å²) >= 11 is 0. The second-order valence-corrected chi connectivity index (χ2v) is 13.5. The molecule has 2 heteroatoms. The molecule has 0 fully saturated rings. The van der Waals surface area contributed by atoms with Crippen molar-refractivity contribution in [2.75, 3.05) is 0 Å². The van der Waals surface area contributed by atoms with Crippen molar-refractivity contribution in [3.63, 3.8) is 0 Å². The van der Waals surface area contributed by atoms with E-state index < -0.39 is 0 Å². The minimum Gasteiger partial charge on any atom is -0.324 e. The topological polar surface area (TPSA) is 17.8 Å². The molecule has 1 aromatic heterocycles. The lowest BCUT2D eigenvalue weighted by molar-refractivity contribution is 0.796. The van der Waals surface area contributed by atoms with Crippen LogP contribution in [0.5, 0.6) is 0 Å². The van der Waals surface area contributed by atoms with E-state index in [1.54, 1.807) is 0 Å². The highest BCUT2D eigenvalue weighted by Gasteiger charge is 2.15. The average Bonchev–Trinajstić information content (AvgIpc) is 3.55. The third-order valence-corrected chi connectivity index (χ3v) is 10.6. The van der Waals surface area contributed by atoms with Crippen molar-refractivity contribution in [2.45, 2.75) is 20.4 Å². The van der Waals surface area contributed by atoms with Crippen LogP contribution < -0.4 is 0 Å². The van der Waals surface area contributed by atoms with Gasteiger partial charge in [0.25, 0.3) is 0 Å². The second kappa shape index (κ2) is 11.1. The molecule has 0 saturated heterocycles. The molecule has 236 valence electrons. The van der Waals surface area contributed by atoms with E-state index in [-0.39, 0.29) is 0 Å². The molecule has 50 heavy (non-hydrogen) atoms. The predicted octanol–water partition coefficient (Wildman–Crippen LogP) is 13.1. The Bertz CT molecular complexity index is 2980. The maximum absolute atomic E-state index is 5.00. The van der Waals surface area contributed by atoms with Gasteiger partial charge in [-0.1, -0.05) is 127 Å². The Balaban J connectivity index is 1.09. The lowest BCUT2D eigenvalue weighted by Crippen LogP contribution is -1.97. The summed E-state index contributed by atoms with van der Waals surface area (Å²) < 4.78 is 2.30. The number of para-hydroxylation sites is 2. The number of rotatable bonds is 4. The van der Waals surface area contributed by atoms with Crippen molar-refractivity contribution in [1.82, 2.24) is 9.55 Å². The summed E-state index contributed by atoms with van der Waals surface area (Å²) in [7, 11) is 0. The SMILES string of the molecule is CCn1c(-c2ccc3cc(-c4ccc5c(ccc6cccc(-c7cccc8ccc9cccc(C)c9c78)c65)c4)ccc3c2)nc2ccccc21. The van der Waals surface area contributed by atoms with E-state index in [1.807, 2.05) is 0 Å². The third-order valence-electron chi connectivity index (χ3n) is 10.6. The molecule has 0 spiro atoms. The quantitative estimate of drug-likeness (QED) is 0.175. The van der Waals surface area contributed by atoms with Gasteiger partial charge in [-0.15, -0.1) is 0 Å². The molecule has 10 aromatic rings. The first-order valence-corrected chi connectivity index (χ1v) is 17.5. The van der Waals surface area contributed by atoms with Gasteiger partial charge in [0.05, 0.1) is 11.0 Å². The number of imidazole rings is 1. The van der Waals surface area contributed by atoms with Crippen LogP contribution in [0.2, 0.25) is 0 Å². The fraction of sp³-hybridized carbons (Fsp3) is 0.0625. The summed E-state index contributed by atoms with van der Waals surface area (Å²) in [6.07, 6.45) is 0. The fourth-order valence-corrected chi connectivity index (χ4v) is 8.26. The van der Waals surface area contributed by atoms with Crippen LogP contribution in [0.3, 0.4) is 0 Å². The van der Waals surface area contributed by atoms with Crippen molar-refractivity contribution in [2.24, 2.45) is 0 Å². The maximum atomic E-state index is 5.00. The van der Waals surface area contributed by atoms with Gasteiger partial charge in [0.2, 0.25) is 0 Å². The lowest BCUT2D eigenvalue weighted by atomic mass is 9.88. The first-order valence-electron chi connectivity index (χ1n) is 17.5. The van der Waals surface area contributed by atoms with Gasteiger partial charge in [-0.2, -0.15) is 0 Å². The van der Waals surface area contributed by atoms with Gasteiger partial charge >= 0.3 is 0 Å². The van der Waals surface area contributed by atoms with Crippen molar-refractivity contribution >= 4 is 64.9 Å². The Kier molecular flexibility index (Phi) is 6.41. The van der Waals surface area contributed by atoms with Crippen molar-refractivity contribution in [3.8, 4) is 33.6 Å². The number of fused-ring (bicyclic) bond motifs is 8. The zero-order valence-corrected chi connectivity index (χ0v) is 28.1. The van der Waals surface area contributed by atoms with Crippen LogP contribution in [-0.4, -0.2) is 9.55 Å². The summed E-state index contributed by atoms with van der Waals surface area (Å²) in [6.45, 7) is 5.29. The smallest absolute Gasteiger partial charge is 0.141 e. The minimum absolute atomic E-state index is 0.879. The molecule has 1 heterocycles. The van der Waals surface area contributed by atoms with Gasteiger partial charge in [-0.25, -0.2) is 4.98 Å². The summed E-state index contributed by atoms with van der Waals surface area (Å²) in [6, 6.07) is 58.1. The molecule has 0 N–H and O–H groups in total. The fourth-order valence-electron chi connectivity index (χ4n) is 8.26. The highest BCUT2D eigenvalue weighted by Crippen LogP contribution is 2.41. The van der Waals surface area contributed by atoms with Crippen LogP contribution in [0.25, 0.3) is 98.5 Å². The van der Waals surface area contributed by atoms with E-state index in [1.165, 1.54) is 87.2 Å². The maximum Gasteiger partial charge on any atom is 0.141 e. The number of benzene rings is 9. The van der Waals surface area contributed by atoms with Crippen LogP contribution in [0, 0.1) is 6.92 Å². The number of aryl methyl sites for hydroxylation is 2. The Hall–Kier alpha value is -6.25. The highest BCUT2D eigenvalue weighted by atomic mass is 15.1. The van der Waals surface area contributed by atoms with Gasteiger partial charge < -0.3 is 4.57 Å². The average molecular weight is 639 g/mol. The van der Waals surface area contributed by atoms with Crippen molar-refractivity contribution in [3.05, 3.63) is 163 Å². The van der Waals surface area contributed by atoms with Crippen LogP contribution in [0.1, 0.15) is 12.5 Å². The van der Waals surface area contributed by atoms with E-state index in [2.05, 4.69) is 176 Å². The highest BCUT2D eigenvalue weighted by molar-refractivity contribution is 6.21. The monoisotopic (exact) mass is 638 g/mol. The van der Waals surface area contributed by atoms with Gasteiger partial charge in [0, 0.05) is 12.1 Å². The standard InChI is InChI=1S/C48H34N2/c1-3-50-44-16-5-4-15-43(44)49-48(50)39-24-22-35-27-34(20-21-36(35)29-39)37-25-26-40-38(28-37)23-19-32-11-7-13-41(46(32)40)42-14-8-12-33-18-17-31-10-6-9-30(2)45(31)47(33)42/h4-29H,3H2,1-2H3. The summed E-state index contributed by atoms with van der Waals surface area (Å²) in [4.78, 5) is 5.00. The number of hydrogen-bond acceptors (Lipinski definition) is 1. The van der Waals surface area contributed by atoms with E-state index in [0.29, 0.717) is 0 Å². The molecule has 0 aliphatic heterocycles. The first-order chi connectivity index (χ1) is 24.6. The van der Waals surface area contributed by atoms with E-state index in [9.17, 15) is 0 Å². The molecule has 0 amide bonds. The summed E-state index contributed by atoms with van der Waals surface area (Å²) in [5, 5.41) is 12.8. The largest absolute Gasteiger partial charge is 0.324 e. The van der Waals surface area contributed by atoms with Gasteiger partial charge in [0.15, 0.2) is 0 Å². The Morgan fingerprint density at radius 2 is 1.02 bits per heavy atom. The number of nitrogens with zero attached hydrogens (tertiary/aromatic N) is 2. The molecule has 9 aromatic carbocycles. The number of aromatic nitrogens is 2. The number of hydrogen-bond donors (Lipinski definition) is 0. The zero-order valence-electron chi connectivity index (χ0n) is 28.1. The second-order valence-electron chi connectivity index (χ2n) is 13.5. The van der Waals surface area contributed by atoms with Crippen LogP contribution in [-0.2, 0) is 6.54 Å². The summed E-state index contributed by atoms with van der Waals surface area (Å²) in [5.41, 5.74) is 9.67. The van der Waals surface area contributed by atoms with Crippen LogP contribution in [0.4, 0.5) is 0 Å². The predicted molar refractivity (Wildman–Crippen MR) is 214 cm³/mol. The van der Waals surface area contributed by atoms with Gasteiger partial charge in [0.1, 0.15) is 5.82 Å². The molecular weight excluding hydrogens is 605 g/mol. The molecule has 0 atom stereocenters. The van der Waals surface area contributed by atoms with E-state index in [0.717, 1.165) is 23.4 Å².